The van der Waals surface area contributed by atoms with Crippen molar-refractivity contribution in [3.8, 4) is 0 Å². The molecule has 4 nitrogen and oxygen atoms in total. The van der Waals surface area contributed by atoms with Gasteiger partial charge >= 0.3 is 0 Å². The maximum Gasteiger partial charge on any atom is 0.159 e. The summed E-state index contributed by atoms with van der Waals surface area (Å²) >= 11 is 0. The third kappa shape index (κ3) is 2.64. The molecule has 2 rings (SSSR count). The standard InChI is InChI=1S/C13H16F2N4/c1-3-9-7-12(19(2)18-9)13(17-16)8-4-5-10(14)11(15)6-8/h4-7,13,17H,3,16H2,1-2H3. The minimum atomic E-state index is -0.893. The highest BCUT2D eigenvalue weighted by molar-refractivity contribution is 5.29. The van der Waals surface area contributed by atoms with E-state index in [2.05, 4.69) is 10.5 Å². The molecule has 0 aliphatic rings. The highest BCUT2D eigenvalue weighted by atomic mass is 19.2. The van der Waals surface area contributed by atoms with Gasteiger partial charge in [0.15, 0.2) is 11.6 Å². The Kier molecular flexibility index (Phi) is 3.92. The molecule has 0 saturated carbocycles. The second-order valence-corrected chi connectivity index (χ2v) is 4.31. The molecule has 102 valence electrons. The van der Waals surface area contributed by atoms with Gasteiger partial charge in [0.05, 0.1) is 17.4 Å². The van der Waals surface area contributed by atoms with Gasteiger partial charge in [-0.15, -0.1) is 0 Å². The van der Waals surface area contributed by atoms with Crippen LogP contribution in [0.4, 0.5) is 8.78 Å². The molecular weight excluding hydrogens is 250 g/mol. The molecule has 0 amide bonds. The SMILES string of the molecule is CCc1cc(C(NN)c2ccc(F)c(F)c2)n(C)n1. The Morgan fingerprint density at radius 3 is 2.58 bits per heavy atom. The molecular formula is C13H16F2N4. The first-order chi connectivity index (χ1) is 9.06. The van der Waals surface area contributed by atoms with Gasteiger partial charge in [-0.2, -0.15) is 5.10 Å². The number of halogens is 2. The van der Waals surface area contributed by atoms with E-state index in [0.29, 0.717) is 5.56 Å². The van der Waals surface area contributed by atoms with E-state index < -0.39 is 17.7 Å². The predicted molar refractivity (Wildman–Crippen MR) is 68.1 cm³/mol. The average molecular weight is 266 g/mol. The van der Waals surface area contributed by atoms with E-state index in [1.54, 1.807) is 11.7 Å². The van der Waals surface area contributed by atoms with Gasteiger partial charge in [-0.1, -0.05) is 13.0 Å². The fourth-order valence-corrected chi connectivity index (χ4v) is 2.03. The van der Waals surface area contributed by atoms with Gasteiger partial charge in [-0.25, -0.2) is 14.2 Å². The lowest BCUT2D eigenvalue weighted by Crippen LogP contribution is -2.30. The Hall–Kier alpha value is -1.79. The first-order valence-corrected chi connectivity index (χ1v) is 6.00. The van der Waals surface area contributed by atoms with Gasteiger partial charge in [0.25, 0.3) is 0 Å². The lowest BCUT2D eigenvalue weighted by Gasteiger charge is -2.16. The highest BCUT2D eigenvalue weighted by Gasteiger charge is 2.18. The van der Waals surface area contributed by atoms with Crippen LogP contribution in [0.5, 0.6) is 0 Å². The van der Waals surface area contributed by atoms with Gasteiger partial charge in [0.1, 0.15) is 0 Å². The predicted octanol–water partition coefficient (Wildman–Crippen LogP) is 1.81. The third-order valence-electron chi connectivity index (χ3n) is 3.07. The van der Waals surface area contributed by atoms with Crippen molar-refractivity contribution in [2.45, 2.75) is 19.4 Å². The Bertz CT molecular complexity index is 580. The van der Waals surface area contributed by atoms with E-state index in [-0.39, 0.29) is 0 Å². The smallest absolute Gasteiger partial charge is 0.159 e. The Balaban J connectivity index is 2.43. The first-order valence-electron chi connectivity index (χ1n) is 6.00. The Morgan fingerprint density at radius 2 is 2.05 bits per heavy atom. The summed E-state index contributed by atoms with van der Waals surface area (Å²) in [6.45, 7) is 1.99. The zero-order chi connectivity index (χ0) is 14.0. The molecule has 0 saturated heterocycles. The van der Waals surface area contributed by atoms with Gasteiger partial charge in [-0.05, 0) is 30.2 Å². The second kappa shape index (κ2) is 5.46. The number of hydrazine groups is 1. The molecule has 3 N–H and O–H groups in total. The number of nitrogens with one attached hydrogen (secondary N) is 1. The van der Waals surface area contributed by atoms with Crippen LogP contribution in [0.25, 0.3) is 0 Å². The molecule has 19 heavy (non-hydrogen) atoms. The van der Waals surface area contributed by atoms with Crippen LogP contribution >= 0.6 is 0 Å². The molecule has 0 radical (unpaired) electrons. The molecule has 0 aliphatic carbocycles. The summed E-state index contributed by atoms with van der Waals surface area (Å²) in [5.41, 5.74) is 4.87. The van der Waals surface area contributed by atoms with Crippen molar-refractivity contribution < 1.29 is 8.78 Å². The lowest BCUT2D eigenvalue weighted by molar-refractivity contribution is 0.501. The molecule has 0 aliphatic heterocycles. The zero-order valence-corrected chi connectivity index (χ0v) is 10.8. The summed E-state index contributed by atoms with van der Waals surface area (Å²) in [7, 11) is 1.79. The maximum atomic E-state index is 13.3. The Morgan fingerprint density at radius 1 is 1.32 bits per heavy atom. The second-order valence-electron chi connectivity index (χ2n) is 4.31. The summed E-state index contributed by atoms with van der Waals surface area (Å²) in [6, 6.07) is 5.19. The molecule has 1 unspecified atom stereocenters. The molecule has 1 atom stereocenters. The van der Waals surface area contributed by atoms with Gasteiger partial charge in [0, 0.05) is 7.05 Å². The van der Waals surface area contributed by atoms with E-state index in [9.17, 15) is 8.78 Å². The van der Waals surface area contributed by atoms with Crippen LogP contribution in [-0.2, 0) is 13.5 Å². The van der Waals surface area contributed by atoms with Crippen molar-refractivity contribution in [1.29, 1.82) is 0 Å². The van der Waals surface area contributed by atoms with Crippen molar-refractivity contribution >= 4 is 0 Å². The van der Waals surface area contributed by atoms with Crippen LogP contribution < -0.4 is 11.3 Å². The van der Waals surface area contributed by atoms with Crippen LogP contribution in [0.3, 0.4) is 0 Å². The maximum absolute atomic E-state index is 13.3. The molecule has 0 bridgehead atoms. The number of hydrogen-bond acceptors (Lipinski definition) is 3. The molecule has 0 fully saturated rings. The van der Waals surface area contributed by atoms with Crippen molar-refractivity contribution in [2.24, 2.45) is 12.9 Å². The van der Waals surface area contributed by atoms with Crippen molar-refractivity contribution in [3.05, 3.63) is 52.9 Å². The molecule has 1 aromatic heterocycles. The topological polar surface area (TPSA) is 55.9 Å². The van der Waals surface area contributed by atoms with Gasteiger partial charge < -0.3 is 0 Å². The van der Waals surface area contributed by atoms with Crippen molar-refractivity contribution in [1.82, 2.24) is 15.2 Å². The molecule has 1 aromatic carbocycles. The highest BCUT2D eigenvalue weighted by Crippen LogP contribution is 2.23. The molecule has 2 aromatic rings. The van der Waals surface area contributed by atoms with Crippen LogP contribution in [0.1, 0.15) is 29.9 Å². The van der Waals surface area contributed by atoms with Gasteiger partial charge in [0.2, 0.25) is 0 Å². The van der Waals surface area contributed by atoms with E-state index in [0.717, 1.165) is 29.9 Å². The van der Waals surface area contributed by atoms with Crippen LogP contribution in [0, 0.1) is 11.6 Å². The fourth-order valence-electron chi connectivity index (χ4n) is 2.03. The van der Waals surface area contributed by atoms with E-state index >= 15 is 0 Å². The fraction of sp³-hybridized carbons (Fsp3) is 0.308. The number of nitrogens with zero attached hydrogens (tertiary/aromatic N) is 2. The minimum Gasteiger partial charge on any atom is -0.271 e. The number of aromatic nitrogens is 2. The number of hydrogen-bond donors (Lipinski definition) is 2. The van der Waals surface area contributed by atoms with Crippen molar-refractivity contribution in [3.63, 3.8) is 0 Å². The average Bonchev–Trinajstić information content (AvgIpc) is 2.76. The normalized spacial score (nSPS) is 12.7. The largest absolute Gasteiger partial charge is 0.271 e. The summed E-state index contributed by atoms with van der Waals surface area (Å²) in [4.78, 5) is 0. The number of benzene rings is 1. The molecule has 0 spiro atoms. The van der Waals surface area contributed by atoms with Crippen LogP contribution in [0.2, 0.25) is 0 Å². The molecule has 1 heterocycles. The summed E-state index contributed by atoms with van der Waals surface area (Å²) in [5.74, 6) is 3.77. The Labute approximate surface area is 110 Å². The molecule has 6 heteroatoms. The quantitative estimate of drug-likeness (QED) is 0.655. The first kappa shape index (κ1) is 13.6. The monoisotopic (exact) mass is 266 g/mol. The van der Waals surface area contributed by atoms with Crippen LogP contribution in [0.15, 0.2) is 24.3 Å². The van der Waals surface area contributed by atoms with Gasteiger partial charge in [-0.3, -0.25) is 10.5 Å². The lowest BCUT2D eigenvalue weighted by atomic mass is 10.0. The summed E-state index contributed by atoms with van der Waals surface area (Å²) in [6.07, 6.45) is 0.795. The number of aryl methyl sites for hydroxylation is 2. The number of rotatable bonds is 4. The van der Waals surface area contributed by atoms with Crippen LogP contribution in [-0.4, -0.2) is 9.78 Å². The van der Waals surface area contributed by atoms with E-state index in [4.69, 9.17) is 5.84 Å². The summed E-state index contributed by atoms with van der Waals surface area (Å²) < 4.78 is 27.9. The summed E-state index contributed by atoms with van der Waals surface area (Å²) in [5, 5.41) is 4.32. The zero-order valence-electron chi connectivity index (χ0n) is 10.8. The minimum absolute atomic E-state index is 0.437. The third-order valence-corrected chi connectivity index (χ3v) is 3.07. The van der Waals surface area contributed by atoms with E-state index in [1.807, 2.05) is 13.0 Å². The van der Waals surface area contributed by atoms with E-state index in [1.165, 1.54) is 6.07 Å². The number of nitrogens with two attached hydrogens (primary N) is 1. The van der Waals surface area contributed by atoms with Crippen molar-refractivity contribution in [2.75, 3.05) is 0 Å².